The lowest BCUT2D eigenvalue weighted by molar-refractivity contribution is -0.431. The fourth-order valence-electron chi connectivity index (χ4n) is 1.52. The van der Waals surface area contributed by atoms with E-state index >= 15 is 0 Å². The molecule has 0 aliphatic heterocycles. The molecule has 2 rings (SSSR count). The molecule has 1 atom stereocenters. The summed E-state index contributed by atoms with van der Waals surface area (Å²) in [5.74, 6) is 0.235. The summed E-state index contributed by atoms with van der Waals surface area (Å²) in [5, 5.41) is 6.86. The van der Waals surface area contributed by atoms with Gasteiger partial charge in [-0.3, -0.25) is 0 Å². The van der Waals surface area contributed by atoms with Crippen LogP contribution < -0.4 is 5.73 Å². The van der Waals surface area contributed by atoms with Crippen LogP contribution in [0.15, 0.2) is 40.0 Å². The van der Waals surface area contributed by atoms with Crippen LogP contribution in [0.3, 0.4) is 0 Å². The Labute approximate surface area is 105 Å². The van der Waals surface area contributed by atoms with Crippen molar-refractivity contribution in [2.45, 2.75) is 17.7 Å². The molecule has 2 aromatic rings. The normalized spacial score (nSPS) is 13.4. The second-order valence-electron chi connectivity index (χ2n) is 4.07. The van der Waals surface area contributed by atoms with Crippen molar-refractivity contribution in [3.63, 3.8) is 0 Å². The zero-order valence-corrected chi connectivity index (χ0v) is 10.7. The number of benzene rings is 1. The van der Waals surface area contributed by atoms with Crippen LogP contribution >= 0.6 is 0 Å². The molecule has 18 heavy (non-hydrogen) atoms. The summed E-state index contributed by atoms with van der Waals surface area (Å²) in [6.45, 7) is 0. The van der Waals surface area contributed by atoms with E-state index in [1.807, 2.05) is 30.3 Å². The minimum absolute atomic E-state index is 0.235. The van der Waals surface area contributed by atoms with Gasteiger partial charge in [-0.1, -0.05) is 35.4 Å². The number of quaternary nitrogens is 1. The summed E-state index contributed by atoms with van der Waals surface area (Å²) in [6.07, 6.45) is 1.64. The number of sulfone groups is 1. The average molecular weight is 268 g/mol. The molecule has 0 radical (unpaired) electrons. The molecule has 0 amide bonds. The van der Waals surface area contributed by atoms with Crippen LogP contribution in [0.2, 0.25) is 0 Å². The van der Waals surface area contributed by atoms with E-state index in [9.17, 15) is 8.42 Å². The summed E-state index contributed by atoms with van der Waals surface area (Å²) in [7, 11) is -3.46. The number of nitrogens with zero attached hydrogens (tertiary/aromatic N) is 2. The molecular weight excluding hydrogens is 254 g/mol. The quantitative estimate of drug-likeness (QED) is 0.841. The second-order valence-corrected chi connectivity index (χ2v) is 5.96. The van der Waals surface area contributed by atoms with Gasteiger partial charge in [-0.2, -0.15) is 0 Å². The van der Waals surface area contributed by atoms with E-state index in [4.69, 9.17) is 4.42 Å². The molecular formula is C11H14N3O3S+. The zero-order valence-electron chi connectivity index (χ0n) is 9.91. The van der Waals surface area contributed by atoms with E-state index in [0.717, 1.165) is 11.8 Å². The van der Waals surface area contributed by atoms with Gasteiger partial charge in [0.05, 0.1) is 0 Å². The van der Waals surface area contributed by atoms with Crippen molar-refractivity contribution in [3.8, 4) is 0 Å². The Kier molecular flexibility index (Phi) is 3.44. The minimum Gasteiger partial charge on any atom is -0.406 e. The van der Waals surface area contributed by atoms with Gasteiger partial charge >= 0.3 is 5.22 Å². The first-order chi connectivity index (χ1) is 8.47. The largest absolute Gasteiger partial charge is 0.406 e. The average Bonchev–Trinajstić information content (AvgIpc) is 2.79. The Morgan fingerprint density at radius 2 is 1.94 bits per heavy atom. The SMILES string of the molecule is CS(=O)(=O)c1nnc([C@@H]([NH3+])Cc2ccccc2)o1. The molecule has 7 heteroatoms. The van der Waals surface area contributed by atoms with Crippen LogP contribution in [0.25, 0.3) is 0 Å². The van der Waals surface area contributed by atoms with Gasteiger partial charge in [-0.15, -0.1) is 5.10 Å². The van der Waals surface area contributed by atoms with Gasteiger partial charge in [0.15, 0.2) is 6.04 Å². The number of aromatic nitrogens is 2. The second kappa shape index (κ2) is 4.87. The van der Waals surface area contributed by atoms with E-state index in [-0.39, 0.29) is 17.2 Å². The Bertz CT molecular complexity index is 622. The first-order valence-electron chi connectivity index (χ1n) is 5.37. The summed E-state index contributed by atoms with van der Waals surface area (Å²) in [5.41, 5.74) is 4.99. The van der Waals surface area contributed by atoms with Gasteiger partial charge in [0, 0.05) is 12.7 Å². The summed E-state index contributed by atoms with van der Waals surface area (Å²) in [6, 6.07) is 9.44. The van der Waals surface area contributed by atoms with E-state index in [1.54, 1.807) is 0 Å². The highest BCUT2D eigenvalue weighted by molar-refractivity contribution is 7.90. The highest BCUT2D eigenvalue weighted by Crippen LogP contribution is 2.15. The van der Waals surface area contributed by atoms with Crippen LogP contribution in [0.4, 0.5) is 0 Å². The molecule has 1 heterocycles. The lowest BCUT2D eigenvalue weighted by atomic mass is 10.1. The van der Waals surface area contributed by atoms with E-state index in [2.05, 4.69) is 15.9 Å². The first-order valence-corrected chi connectivity index (χ1v) is 7.26. The van der Waals surface area contributed by atoms with Gasteiger partial charge in [0.25, 0.3) is 5.89 Å². The van der Waals surface area contributed by atoms with Crippen molar-refractivity contribution >= 4 is 9.84 Å². The Morgan fingerprint density at radius 3 is 2.50 bits per heavy atom. The lowest BCUT2D eigenvalue weighted by Gasteiger charge is -2.03. The Hall–Kier alpha value is -1.73. The van der Waals surface area contributed by atoms with Gasteiger partial charge in [-0.25, -0.2) is 8.42 Å². The molecule has 0 unspecified atom stereocenters. The standard InChI is InChI=1S/C11H13N3O3S/c1-18(15,16)11-14-13-10(17-11)9(12)7-8-5-3-2-4-6-8/h2-6,9H,7,12H2,1H3/p+1/t9-/m0/s1. The molecule has 0 saturated carbocycles. The molecule has 1 aromatic carbocycles. The van der Waals surface area contributed by atoms with Gasteiger partial charge in [-0.05, 0) is 5.56 Å². The minimum atomic E-state index is -3.46. The smallest absolute Gasteiger partial charge is 0.335 e. The van der Waals surface area contributed by atoms with Crippen LogP contribution in [-0.2, 0) is 16.3 Å². The van der Waals surface area contributed by atoms with Crippen molar-refractivity contribution in [1.82, 2.24) is 10.2 Å². The maximum absolute atomic E-state index is 11.2. The molecule has 0 bridgehead atoms. The molecule has 1 aromatic heterocycles. The molecule has 0 saturated heterocycles. The number of hydrogen-bond acceptors (Lipinski definition) is 5. The maximum Gasteiger partial charge on any atom is 0.335 e. The van der Waals surface area contributed by atoms with Crippen molar-refractivity contribution in [3.05, 3.63) is 41.8 Å². The van der Waals surface area contributed by atoms with Crippen LogP contribution in [0.1, 0.15) is 17.5 Å². The maximum atomic E-state index is 11.2. The summed E-state index contributed by atoms with van der Waals surface area (Å²) in [4.78, 5) is 0. The van der Waals surface area contributed by atoms with Crippen LogP contribution in [0.5, 0.6) is 0 Å². The molecule has 0 fully saturated rings. The molecule has 3 N–H and O–H groups in total. The molecule has 0 spiro atoms. The monoisotopic (exact) mass is 268 g/mol. The van der Waals surface area contributed by atoms with Crippen LogP contribution in [0, 0.1) is 0 Å². The topological polar surface area (TPSA) is 101 Å². The molecule has 0 aliphatic rings. The predicted molar refractivity (Wildman–Crippen MR) is 63.2 cm³/mol. The summed E-state index contributed by atoms with van der Waals surface area (Å²) < 4.78 is 27.5. The fourth-order valence-corrected chi connectivity index (χ4v) is 1.95. The first kappa shape index (κ1) is 12.7. The third-order valence-electron chi connectivity index (χ3n) is 2.41. The zero-order chi connectivity index (χ0) is 13.2. The Morgan fingerprint density at radius 1 is 1.28 bits per heavy atom. The van der Waals surface area contributed by atoms with Gasteiger partial charge in [0.2, 0.25) is 9.84 Å². The van der Waals surface area contributed by atoms with Gasteiger partial charge in [0.1, 0.15) is 0 Å². The van der Waals surface area contributed by atoms with E-state index in [0.29, 0.717) is 6.42 Å². The Balaban J connectivity index is 2.15. The van der Waals surface area contributed by atoms with Crippen molar-refractivity contribution in [1.29, 1.82) is 0 Å². The van der Waals surface area contributed by atoms with Crippen molar-refractivity contribution in [2.75, 3.05) is 6.26 Å². The highest BCUT2D eigenvalue weighted by Gasteiger charge is 2.22. The lowest BCUT2D eigenvalue weighted by Crippen LogP contribution is -2.54. The number of hydrogen-bond donors (Lipinski definition) is 1. The third-order valence-corrected chi connectivity index (χ3v) is 3.21. The molecule has 0 aliphatic carbocycles. The highest BCUT2D eigenvalue weighted by atomic mass is 32.2. The van der Waals surface area contributed by atoms with Crippen LogP contribution in [-0.4, -0.2) is 24.9 Å². The molecule has 96 valence electrons. The van der Waals surface area contributed by atoms with E-state index < -0.39 is 9.84 Å². The van der Waals surface area contributed by atoms with Crippen molar-refractivity contribution < 1.29 is 18.6 Å². The van der Waals surface area contributed by atoms with E-state index in [1.165, 1.54) is 0 Å². The number of rotatable bonds is 4. The fraction of sp³-hybridized carbons (Fsp3) is 0.273. The summed E-state index contributed by atoms with van der Waals surface area (Å²) >= 11 is 0. The molecule has 6 nitrogen and oxygen atoms in total. The van der Waals surface area contributed by atoms with Crippen molar-refractivity contribution in [2.24, 2.45) is 0 Å². The third kappa shape index (κ3) is 2.93. The van der Waals surface area contributed by atoms with Gasteiger partial charge < -0.3 is 10.2 Å². The predicted octanol–water partition coefficient (Wildman–Crippen LogP) is -0.00120.